The van der Waals surface area contributed by atoms with E-state index in [4.69, 9.17) is 0 Å². The third kappa shape index (κ3) is 4.42. The summed E-state index contributed by atoms with van der Waals surface area (Å²) in [6.07, 6.45) is 2.33. The minimum absolute atomic E-state index is 0.272. The smallest absolute Gasteiger partial charge is 0.223 e. The molecule has 1 aliphatic heterocycles. The maximum absolute atomic E-state index is 12.6. The Morgan fingerprint density at radius 1 is 1.29 bits per heavy atom. The van der Waals surface area contributed by atoms with Gasteiger partial charge >= 0.3 is 0 Å². The second-order valence-electron chi connectivity index (χ2n) is 6.35. The molecule has 1 atom stereocenters. The molecule has 1 aliphatic rings. The molecule has 1 saturated heterocycles. The fourth-order valence-corrected chi connectivity index (χ4v) is 3.92. The van der Waals surface area contributed by atoms with Crippen molar-refractivity contribution in [2.24, 2.45) is 0 Å². The molecule has 1 aromatic heterocycles. The maximum atomic E-state index is 12.6. The number of rotatable bonds is 6. The van der Waals surface area contributed by atoms with Gasteiger partial charge in [0.2, 0.25) is 5.91 Å². The summed E-state index contributed by atoms with van der Waals surface area (Å²) >= 11 is 1.59. The molecule has 2 heterocycles. The second kappa shape index (κ2) is 8.40. The summed E-state index contributed by atoms with van der Waals surface area (Å²) < 4.78 is 0. The van der Waals surface area contributed by atoms with E-state index in [-0.39, 0.29) is 5.91 Å². The Labute approximate surface area is 148 Å². The van der Waals surface area contributed by atoms with E-state index in [0.29, 0.717) is 12.5 Å². The highest BCUT2D eigenvalue weighted by Gasteiger charge is 2.28. The SMILES string of the molecule is CCC1CN(Cc2ccccc2)CCN1C(=O)CCc1cscn1. The minimum atomic E-state index is 0.272. The number of nitrogens with zero attached hydrogens (tertiary/aromatic N) is 3. The first-order chi connectivity index (χ1) is 11.8. The zero-order chi connectivity index (χ0) is 16.8. The van der Waals surface area contributed by atoms with E-state index in [1.165, 1.54) is 5.56 Å². The van der Waals surface area contributed by atoms with Gasteiger partial charge in [-0.1, -0.05) is 37.3 Å². The van der Waals surface area contributed by atoms with Crippen molar-refractivity contribution < 1.29 is 4.79 Å². The molecule has 0 N–H and O–H groups in total. The predicted octanol–water partition coefficient (Wildman–Crippen LogP) is 3.20. The molecule has 0 spiro atoms. The molecule has 24 heavy (non-hydrogen) atoms. The van der Waals surface area contributed by atoms with E-state index in [1.54, 1.807) is 11.3 Å². The van der Waals surface area contributed by atoms with Gasteiger partial charge in [0.1, 0.15) is 0 Å². The summed E-state index contributed by atoms with van der Waals surface area (Å²) in [6, 6.07) is 10.9. The van der Waals surface area contributed by atoms with Crippen LogP contribution in [-0.4, -0.2) is 46.4 Å². The van der Waals surface area contributed by atoms with Gasteiger partial charge in [-0.15, -0.1) is 11.3 Å². The van der Waals surface area contributed by atoms with Gasteiger partial charge in [-0.2, -0.15) is 0 Å². The third-order valence-electron chi connectivity index (χ3n) is 4.69. The molecule has 4 nitrogen and oxygen atoms in total. The van der Waals surface area contributed by atoms with Gasteiger partial charge in [0.15, 0.2) is 0 Å². The molecule has 0 radical (unpaired) electrons. The number of carbonyl (C=O) groups is 1. The van der Waals surface area contributed by atoms with E-state index in [9.17, 15) is 4.79 Å². The van der Waals surface area contributed by atoms with Crippen LogP contribution in [0.1, 0.15) is 31.0 Å². The normalized spacial score (nSPS) is 18.7. The van der Waals surface area contributed by atoms with Crippen molar-refractivity contribution in [2.45, 2.75) is 38.8 Å². The van der Waals surface area contributed by atoms with Gasteiger partial charge in [-0.3, -0.25) is 9.69 Å². The largest absolute Gasteiger partial charge is 0.337 e. The highest BCUT2D eigenvalue weighted by atomic mass is 32.1. The van der Waals surface area contributed by atoms with Gasteiger partial charge in [0, 0.05) is 44.0 Å². The van der Waals surface area contributed by atoms with Crippen molar-refractivity contribution in [3.05, 3.63) is 52.5 Å². The van der Waals surface area contributed by atoms with Crippen LogP contribution >= 0.6 is 11.3 Å². The van der Waals surface area contributed by atoms with Gasteiger partial charge < -0.3 is 4.90 Å². The molecule has 0 saturated carbocycles. The highest BCUT2D eigenvalue weighted by Crippen LogP contribution is 2.17. The zero-order valence-corrected chi connectivity index (χ0v) is 15.0. The molecule has 0 aliphatic carbocycles. The number of aryl methyl sites for hydroxylation is 1. The lowest BCUT2D eigenvalue weighted by Crippen LogP contribution is -2.54. The van der Waals surface area contributed by atoms with Crippen LogP contribution in [0.4, 0.5) is 0 Å². The first kappa shape index (κ1) is 17.1. The fourth-order valence-electron chi connectivity index (χ4n) is 3.32. The first-order valence-electron chi connectivity index (χ1n) is 8.69. The molecule has 1 fully saturated rings. The van der Waals surface area contributed by atoms with Crippen molar-refractivity contribution in [2.75, 3.05) is 19.6 Å². The van der Waals surface area contributed by atoms with Crippen LogP contribution in [0.25, 0.3) is 0 Å². The summed E-state index contributed by atoms with van der Waals surface area (Å²) in [5, 5.41) is 2.03. The Bertz CT molecular complexity index is 629. The number of carbonyl (C=O) groups excluding carboxylic acids is 1. The van der Waals surface area contributed by atoms with E-state index < -0.39 is 0 Å². The zero-order valence-electron chi connectivity index (χ0n) is 14.2. The Balaban J connectivity index is 1.53. The van der Waals surface area contributed by atoms with Crippen molar-refractivity contribution >= 4 is 17.2 Å². The topological polar surface area (TPSA) is 36.4 Å². The second-order valence-corrected chi connectivity index (χ2v) is 7.07. The Kier molecular flexibility index (Phi) is 5.99. The van der Waals surface area contributed by atoms with Gasteiger partial charge in [0.05, 0.1) is 11.2 Å². The monoisotopic (exact) mass is 343 g/mol. The minimum Gasteiger partial charge on any atom is -0.337 e. The number of piperazine rings is 1. The molecule has 128 valence electrons. The van der Waals surface area contributed by atoms with Crippen LogP contribution in [0.3, 0.4) is 0 Å². The average molecular weight is 343 g/mol. The molecule has 1 aromatic carbocycles. The van der Waals surface area contributed by atoms with Gasteiger partial charge in [-0.25, -0.2) is 4.98 Å². The van der Waals surface area contributed by atoms with Crippen molar-refractivity contribution in [3.8, 4) is 0 Å². The van der Waals surface area contributed by atoms with Crippen molar-refractivity contribution in [3.63, 3.8) is 0 Å². The van der Waals surface area contributed by atoms with Crippen LogP contribution < -0.4 is 0 Å². The number of hydrogen-bond acceptors (Lipinski definition) is 4. The molecule has 5 heteroatoms. The fraction of sp³-hybridized carbons (Fsp3) is 0.474. The number of aromatic nitrogens is 1. The number of benzene rings is 1. The lowest BCUT2D eigenvalue weighted by Gasteiger charge is -2.41. The summed E-state index contributed by atoms with van der Waals surface area (Å²) in [5.41, 5.74) is 4.21. The number of amides is 1. The number of thiazole rings is 1. The average Bonchev–Trinajstić information content (AvgIpc) is 3.14. The lowest BCUT2D eigenvalue weighted by molar-refractivity contribution is -0.136. The molecule has 1 unspecified atom stereocenters. The van der Waals surface area contributed by atoms with Gasteiger partial charge in [-0.05, 0) is 18.4 Å². The van der Waals surface area contributed by atoms with Crippen LogP contribution in [-0.2, 0) is 17.8 Å². The van der Waals surface area contributed by atoms with Crippen LogP contribution in [0.15, 0.2) is 41.2 Å². The Hall–Kier alpha value is -1.72. The standard InChI is InChI=1S/C19H25N3OS/c1-2-18-13-21(12-16-6-4-3-5-7-16)10-11-22(18)19(23)9-8-17-14-24-15-20-17/h3-7,14-15,18H,2,8-13H2,1H3. The van der Waals surface area contributed by atoms with E-state index in [2.05, 4.69) is 52.0 Å². The quantitative estimate of drug-likeness (QED) is 0.808. The summed E-state index contributed by atoms with van der Waals surface area (Å²) in [6.45, 7) is 5.90. The summed E-state index contributed by atoms with van der Waals surface area (Å²) in [5.74, 6) is 0.272. The summed E-state index contributed by atoms with van der Waals surface area (Å²) in [4.78, 5) is 21.4. The van der Waals surface area contributed by atoms with E-state index >= 15 is 0 Å². The maximum Gasteiger partial charge on any atom is 0.223 e. The Morgan fingerprint density at radius 2 is 2.12 bits per heavy atom. The molecule has 3 rings (SSSR count). The molecule has 2 aromatic rings. The van der Waals surface area contributed by atoms with E-state index in [0.717, 1.165) is 44.7 Å². The molecule has 1 amide bonds. The van der Waals surface area contributed by atoms with E-state index in [1.807, 2.05) is 10.9 Å². The van der Waals surface area contributed by atoms with Crippen molar-refractivity contribution in [1.29, 1.82) is 0 Å². The first-order valence-corrected chi connectivity index (χ1v) is 9.63. The highest BCUT2D eigenvalue weighted by molar-refractivity contribution is 7.07. The molecule has 0 bridgehead atoms. The Morgan fingerprint density at radius 3 is 2.83 bits per heavy atom. The van der Waals surface area contributed by atoms with Crippen LogP contribution in [0.2, 0.25) is 0 Å². The third-order valence-corrected chi connectivity index (χ3v) is 5.32. The van der Waals surface area contributed by atoms with Crippen LogP contribution in [0, 0.1) is 0 Å². The number of hydrogen-bond donors (Lipinski definition) is 0. The summed E-state index contributed by atoms with van der Waals surface area (Å²) in [7, 11) is 0. The van der Waals surface area contributed by atoms with Gasteiger partial charge in [0.25, 0.3) is 0 Å². The lowest BCUT2D eigenvalue weighted by atomic mass is 10.1. The van der Waals surface area contributed by atoms with Crippen LogP contribution in [0.5, 0.6) is 0 Å². The molecular weight excluding hydrogens is 318 g/mol. The van der Waals surface area contributed by atoms with Crippen molar-refractivity contribution in [1.82, 2.24) is 14.8 Å². The molecular formula is C19H25N3OS. The predicted molar refractivity (Wildman–Crippen MR) is 97.9 cm³/mol.